The van der Waals surface area contributed by atoms with Gasteiger partial charge in [-0.1, -0.05) is 11.6 Å². The first-order valence-electron chi connectivity index (χ1n) is 10.2. The molecular weight excluding hydrogens is 402 g/mol. The molecule has 170 valence electrons. The molecule has 0 fully saturated rings. The maximum atomic E-state index is 12.1. The van der Waals surface area contributed by atoms with E-state index in [2.05, 4.69) is 15.6 Å². The van der Waals surface area contributed by atoms with Crippen LogP contribution in [0.25, 0.3) is 0 Å². The SMILES string of the molecule is N=C(N)N1CC=C(CC(N)C(=O)NCCCCC(=O)NC(Cc2ccc[nH]2)C(=O)O)C1. The normalized spacial score (nSPS) is 15.1. The van der Waals surface area contributed by atoms with Gasteiger partial charge >= 0.3 is 5.97 Å². The van der Waals surface area contributed by atoms with E-state index < -0.39 is 18.1 Å². The van der Waals surface area contributed by atoms with Crippen LogP contribution in [0, 0.1) is 5.41 Å². The first kappa shape index (κ1) is 23.9. The second-order valence-corrected chi connectivity index (χ2v) is 7.54. The number of amides is 2. The lowest BCUT2D eigenvalue weighted by Crippen LogP contribution is -2.42. The summed E-state index contributed by atoms with van der Waals surface area (Å²) >= 11 is 0. The van der Waals surface area contributed by atoms with Crippen molar-refractivity contribution in [2.75, 3.05) is 19.6 Å². The van der Waals surface area contributed by atoms with Crippen LogP contribution in [0.3, 0.4) is 0 Å². The van der Waals surface area contributed by atoms with Crippen molar-refractivity contribution in [3.63, 3.8) is 0 Å². The molecule has 9 N–H and O–H groups in total. The van der Waals surface area contributed by atoms with Crippen molar-refractivity contribution in [2.45, 2.75) is 44.2 Å². The minimum atomic E-state index is -1.09. The third-order valence-corrected chi connectivity index (χ3v) is 5.00. The topological polar surface area (TPSA) is 190 Å². The molecule has 1 aliphatic heterocycles. The van der Waals surface area contributed by atoms with Crippen molar-refractivity contribution in [3.8, 4) is 0 Å². The van der Waals surface area contributed by atoms with Crippen molar-refractivity contribution in [1.82, 2.24) is 20.5 Å². The molecular formula is C20H31N7O4. The zero-order chi connectivity index (χ0) is 22.8. The second kappa shape index (κ2) is 11.7. The number of unbranched alkanes of at least 4 members (excludes halogenated alkanes) is 1. The Balaban J connectivity index is 1.60. The number of H-pyrrole nitrogens is 1. The number of hydrogen-bond donors (Lipinski definition) is 7. The molecule has 0 aliphatic carbocycles. The van der Waals surface area contributed by atoms with Gasteiger partial charge < -0.3 is 37.1 Å². The van der Waals surface area contributed by atoms with Crippen LogP contribution >= 0.6 is 0 Å². The van der Waals surface area contributed by atoms with Crippen LogP contribution in [-0.4, -0.2) is 70.5 Å². The average Bonchev–Trinajstić information content (AvgIpc) is 3.39. The van der Waals surface area contributed by atoms with Crippen LogP contribution in [0.2, 0.25) is 0 Å². The molecule has 2 amide bonds. The molecule has 1 aromatic heterocycles. The first-order chi connectivity index (χ1) is 14.8. The number of nitrogens with zero attached hydrogens (tertiary/aromatic N) is 1. The number of aliphatic carboxylic acids is 1. The molecule has 0 radical (unpaired) electrons. The maximum Gasteiger partial charge on any atom is 0.326 e. The number of carboxylic acids is 1. The van der Waals surface area contributed by atoms with E-state index in [1.54, 1.807) is 23.2 Å². The first-order valence-corrected chi connectivity index (χ1v) is 10.2. The highest BCUT2D eigenvalue weighted by molar-refractivity contribution is 5.84. The lowest BCUT2D eigenvalue weighted by molar-refractivity contribution is -0.141. The van der Waals surface area contributed by atoms with Crippen LogP contribution in [0.1, 0.15) is 31.4 Å². The average molecular weight is 434 g/mol. The summed E-state index contributed by atoms with van der Waals surface area (Å²) in [6.45, 7) is 1.44. The van der Waals surface area contributed by atoms with Crippen molar-refractivity contribution in [1.29, 1.82) is 5.41 Å². The van der Waals surface area contributed by atoms with Gasteiger partial charge in [0.25, 0.3) is 0 Å². The van der Waals surface area contributed by atoms with Crippen LogP contribution in [0.4, 0.5) is 0 Å². The summed E-state index contributed by atoms with van der Waals surface area (Å²) in [7, 11) is 0. The van der Waals surface area contributed by atoms with Gasteiger partial charge in [-0.3, -0.25) is 15.0 Å². The number of carbonyl (C=O) groups is 3. The molecule has 1 aromatic rings. The molecule has 0 saturated heterocycles. The molecule has 1 aliphatic rings. The quantitative estimate of drug-likeness (QED) is 0.0977. The second-order valence-electron chi connectivity index (χ2n) is 7.54. The summed E-state index contributed by atoms with van der Waals surface area (Å²) in [5.41, 5.74) is 13.1. The largest absolute Gasteiger partial charge is 0.480 e. The van der Waals surface area contributed by atoms with Crippen LogP contribution in [0.5, 0.6) is 0 Å². The Bertz CT molecular complexity index is 806. The summed E-state index contributed by atoms with van der Waals surface area (Å²) in [6, 6.07) is 1.85. The van der Waals surface area contributed by atoms with Crippen LogP contribution < -0.4 is 22.1 Å². The molecule has 2 atom stereocenters. The van der Waals surface area contributed by atoms with Gasteiger partial charge in [0.05, 0.1) is 6.04 Å². The number of rotatable bonds is 12. The number of nitrogens with two attached hydrogens (primary N) is 2. The fourth-order valence-corrected chi connectivity index (χ4v) is 3.25. The smallest absolute Gasteiger partial charge is 0.326 e. The minimum Gasteiger partial charge on any atom is -0.480 e. The molecule has 2 unspecified atom stereocenters. The van der Waals surface area contributed by atoms with Crippen molar-refractivity contribution < 1.29 is 19.5 Å². The van der Waals surface area contributed by atoms with Gasteiger partial charge in [-0.05, 0) is 31.4 Å². The molecule has 11 nitrogen and oxygen atoms in total. The van der Waals surface area contributed by atoms with Crippen molar-refractivity contribution in [2.24, 2.45) is 11.5 Å². The number of aromatic nitrogens is 1. The lowest BCUT2D eigenvalue weighted by atomic mass is 10.1. The van der Waals surface area contributed by atoms with E-state index in [1.165, 1.54) is 0 Å². The van der Waals surface area contributed by atoms with E-state index in [1.807, 2.05) is 6.08 Å². The number of nitrogens with one attached hydrogen (secondary N) is 4. The summed E-state index contributed by atoms with van der Waals surface area (Å²) in [5.74, 6) is -1.71. The van der Waals surface area contributed by atoms with Gasteiger partial charge in [0, 0.05) is 44.4 Å². The Morgan fingerprint density at radius 2 is 2.06 bits per heavy atom. The molecule has 2 heterocycles. The molecule has 0 bridgehead atoms. The Hall–Kier alpha value is -3.34. The standard InChI is InChI=1S/C20H31N7O4/c21-15(10-13-6-9-27(12-13)20(22)23)18(29)25-7-2-1-5-17(28)26-16(19(30)31)11-14-4-3-8-24-14/h3-4,6,8,15-16,24H,1-2,5,7,9-12,21H2,(H3,22,23)(H,25,29)(H,26,28)(H,30,31). The summed E-state index contributed by atoms with van der Waals surface area (Å²) < 4.78 is 0. The molecule has 11 heteroatoms. The summed E-state index contributed by atoms with van der Waals surface area (Å²) in [6.07, 6.45) is 5.45. The van der Waals surface area contributed by atoms with E-state index in [9.17, 15) is 19.5 Å². The summed E-state index contributed by atoms with van der Waals surface area (Å²) in [4.78, 5) is 40.1. The van der Waals surface area contributed by atoms with Gasteiger partial charge in [0.15, 0.2) is 5.96 Å². The zero-order valence-electron chi connectivity index (χ0n) is 17.4. The highest BCUT2D eigenvalue weighted by Crippen LogP contribution is 2.13. The Morgan fingerprint density at radius 1 is 1.29 bits per heavy atom. The van der Waals surface area contributed by atoms with Gasteiger partial charge in [-0.15, -0.1) is 0 Å². The Labute approximate surface area is 180 Å². The maximum absolute atomic E-state index is 12.1. The predicted octanol–water partition coefficient (Wildman–Crippen LogP) is -0.734. The molecule has 2 rings (SSSR count). The third-order valence-electron chi connectivity index (χ3n) is 5.00. The molecule has 0 saturated carbocycles. The van der Waals surface area contributed by atoms with Gasteiger partial charge in [0.2, 0.25) is 11.8 Å². The monoisotopic (exact) mass is 433 g/mol. The van der Waals surface area contributed by atoms with Gasteiger partial charge in [-0.25, -0.2) is 4.79 Å². The zero-order valence-corrected chi connectivity index (χ0v) is 17.4. The van der Waals surface area contributed by atoms with E-state index in [4.69, 9.17) is 16.9 Å². The van der Waals surface area contributed by atoms with Gasteiger partial charge in [-0.2, -0.15) is 0 Å². The van der Waals surface area contributed by atoms with E-state index >= 15 is 0 Å². The van der Waals surface area contributed by atoms with E-state index in [0.29, 0.717) is 38.9 Å². The third kappa shape index (κ3) is 8.13. The molecule has 0 spiro atoms. The van der Waals surface area contributed by atoms with Gasteiger partial charge in [0.1, 0.15) is 6.04 Å². The van der Waals surface area contributed by atoms with Crippen LogP contribution in [-0.2, 0) is 20.8 Å². The van der Waals surface area contributed by atoms with Crippen molar-refractivity contribution in [3.05, 3.63) is 35.7 Å². The Kier molecular flexibility index (Phi) is 9.07. The predicted molar refractivity (Wildman–Crippen MR) is 115 cm³/mol. The number of guanidine groups is 1. The number of carbonyl (C=O) groups excluding carboxylic acids is 2. The Morgan fingerprint density at radius 3 is 2.68 bits per heavy atom. The lowest BCUT2D eigenvalue weighted by Gasteiger charge is -2.17. The summed E-state index contributed by atoms with van der Waals surface area (Å²) in [5, 5.41) is 22.0. The number of carboxylic acid groups (broad SMARTS) is 1. The highest BCUT2D eigenvalue weighted by Gasteiger charge is 2.22. The van der Waals surface area contributed by atoms with E-state index in [0.717, 1.165) is 11.3 Å². The molecule has 0 aromatic carbocycles. The fourth-order valence-electron chi connectivity index (χ4n) is 3.25. The van der Waals surface area contributed by atoms with E-state index in [-0.39, 0.29) is 30.6 Å². The number of hydrogen-bond acceptors (Lipinski definition) is 5. The highest BCUT2D eigenvalue weighted by atomic mass is 16.4. The van der Waals surface area contributed by atoms with Crippen molar-refractivity contribution >= 4 is 23.7 Å². The minimum absolute atomic E-state index is 0.00714. The fraction of sp³-hybridized carbons (Fsp3) is 0.500. The number of aromatic amines is 1. The van der Waals surface area contributed by atoms with Crippen LogP contribution in [0.15, 0.2) is 30.0 Å². The molecule has 31 heavy (non-hydrogen) atoms.